The van der Waals surface area contributed by atoms with Gasteiger partial charge in [0, 0.05) is 13.1 Å². The molecule has 2 nitrogen and oxygen atoms in total. The maximum atomic E-state index is 9.04. The Kier molecular flexibility index (Phi) is 5.04. The highest BCUT2D eigenvalue weighted by Gasteiger charge is 2.10. The average Bonchev–Trinajstić information content (AvgIpc) is 1.97. The van der Waals surface area contributed by atoms with Crippen molar-refractivity contribution in [1.29, 1.82) is 0 Å². The molecule has 0 aromatic heterocycles. The van der Waals surface area contributed by atoms with Gasteiger partial charge < -0.3 is 5.21 Å². The molecule has 0 radical (unpaired) electrons. The van der Waals surface area contributed by atoms with Crippen LogP contribution in [-0.4, -0.2) is 23.4 Å². The molecule has 0 spiro atoms. The minimum Gasteiger partial charge on any atom is -0.314 e. The van der Waals surface area contributed by atoms with Gasteiger partial charge in [0.05, 0.1) is 0 Å². The Bertz CT molecular complexity index is 79.7. The molecule has 1 rings (SSSR count). The third-order valence-corrected chi connectivity index (χ3v) is 1.99. The van der Waals surface area contributed by atoms with Crippen LogP contribution in [0.5, 0.6) is 0 Å². The molecule has 0 aliphatic carbocycles. The van der Waals surface area contributed by atoms with Crippen molar-refractivity contribution in [2.45, 2.75) is 26.2 Å². The van der Waals surface area contributed by atoms with E-state index in [1.807, 2.05) is 0 Å². The zero-order chi connectivity index (χ0) is 6.69. The molecule has 1 aliphatic rings. The summed E-state index contributed by atoms with van der Waals surface area (Å²) < 4.78 is 0. The van der Waals surface area contributed by atoms with E-state index in [0.29, 0.717) is 0 Å². The second-order valence-corrected chi connectivity index (χ2v) is 2.99. The Labute approximate surface area is 68.6 Å². The lowest BCUT2D eigenvalue weighted by molar-refractivity contribution is -0.0879. The quantitative estimate of drug-likeness (QED) is 0.593. The maximum absolute atomic E-state index is 9.04. The van der Waals surface area contributed by atoms with Gasteiger partial charge in [0.1, 0.15) is 0 Å². The zero-order valence-corrected chi connectivity index (χ0v) is 7.23. The van der Waals surface area contributed by atoms with E-state index in [4.69, 9.17) is 5.21 Å². The van der Waals surface area contributed by atoms with Crippen LogP contribution in [0, 0.1) is 5.92 Å². The van der Waals surface area contributed by atoms with Crippen LogP contribution in [0.2, 0.25) is 0 Å². The van der Waals surface area contributed by atoms with Gasteiger partial charge in [0.2, 0.25) is 0 Å². The van der Waals surface area contributed by atoms with E-state index in [9.17, 15) is 0 Å². The SMILES string of the molecule is CC1CCCN(O)CC1.Cl. The van der Waals surface area contributed by atoms with Gasteiger partial charge in [-0.1, -0.05) is 6.92 Å². The van der Waals surface area contributed by atoms with Crippen LogP contribution in [0.15, 0.2) is 0 Å². The van der Waals surface area contributed by atoms with E-state index in [0.717, 1.165) is 31.8 Å². The monoisotopic (exact) mass is 165 g/mol. The van der Waals surface area contributed by atoms with E-state index in [1.165, 1.54) is 11.5 Å². The summed E-state index contributed by atoms with van der Waals surface area (Å²) in [7, 11) is 0. The van der Waals surface area contributed by atoms with Crippen LogP contribution in [0.25, 0.3) is 0 Å². The third kappa shape index (κ3) is 3.40. The fourth-order valence-electron chi connectivity index (χ4n) is 1.25. The van der Waals surface area contributed by atoms with Crippen LogP contribution in [0.1, 0.15) is 26.2 Å². The molecule has 0 amide bonds. The molecule has 1 fully saturated rings. The summed E-state index contributed by atoms with van der Waals surface area (Å²) in [5.41, 5.74) is 0. The highest BCUT2D eigenvalue weighted by atomic mass is 35.5. The molecule has 0 saturated carbocycles. The molecular formula is C7H16ClNO. The maximum Gasteiger partial charge on any atom is 0.0240 e. The van der Waals surface area contributed by atoms with E-state index in [-0.39, 0.29) is 12.4 Å². The van der Waals surface area contributed by atoms with Gasteiger partial charge in [-0.05, 0) is 25.2 Å². The van der Waals surface area contributed by atoms with Gasteiger partial charge in [-0.3, -0.25) is 0 Å². The Balaban J connectivity index is 0.000000810. The van der Waals surface area contributed by atoms with Crippen LogP contribution in [0.3, 0.4) is 0 Å². The van der Waals surface area contributed by atoms with Crippen molar-refractivity contribution in [2.24, 2.45) is 5.92 Å². The predicted molar refractivity (Wildman–Crippen MR) is 43.6 cm³/mol. The number of hydrogen-bond donors (Lipinski definition) is 1. The van der Waals surface area contributed by atoms with Crippen molar-refractivity contribution in [3.8, 4) is 0 Å². The van der Waals surface area contributed by atoms with Crippen LogP contribution >= 0.6 is 12.4 Å². The lowest BCUT2D eigenvalue weighted by Gasteiger charge is -2.09. The first-order chi connectivity index (χ1) is 4.29. The molecule has 62 valence electrons. The smallest absolute Gasteiger partial charge is 0.0240 e. The van der Waals surface area contributed by atoms with Crippen LogP contribution in [-0.2, 0) is 0 Å². The highest BCUT2D eigenvalue weighted by molar-refractivity contribution is 5.85. The van der Waals surface area contributed by atoms with Gasteiger partial charge in [0.15, 0.2) is 0 Å². The lowest BCUT2D eigenvalue weighted by Crippen LogP contribution is -2.19. The molecule has 3 heteroatoms. The Morgan fingerprint density at radius 2 is 2.00 bits per heavy atom. The standard InChI is InChI=1S/C7H15NO.ClH/c1-7-3-2-5-8(9)6-4-7;/h7,9H,2-6H2,1H3;1H. The summed E-state index contributed by atoms with van der Waals surface area (Å²) >= 11 is 0. The van der Waals surface area contributed by atoms with Gasteiger partial charge >= 0.3 is 0 Å². The molecule has 0 bridgehead atoms. The number of hydroxylamine groups is 2. The van der Waals surface area contributed by atoms with Gasteiger partial charge in [-0.25, -0.2) is 0 Å². The Morgan fingerprint density at radius 1 is 1.30 bits per heavy atom. The first-order valence-corrected chi connectivity index (χ1v) is 3.73. The van der Waals surface area contributed by atoms with Crippen molar-refractivity contribution < 1.29 is 5.21 Å². The minimum absolute atomic E-state index is 0. The summed E-state index contributed by atoms with van der Waals surface area (Å²) in [6.07, 6.45) is 3.57. The fraction of sp³-hybridized carbons (Fsp3) is 1.00. The molecular weight excluding hydrogens is 150 g/mol. The van der Waals surface area contributed by atoms with Gasteiger partial charge in [-0.2, -0.15) is 5.06 Å². The predicted octanol–water partition coefficient (Wildman–Crippen LogP) is 1.92. The molecule has 1 unspecified atom stereocenters. The van der Waals surface area contributed by atoms with E-state index in [1.54, 1.807) is 0 Å². The normalized spacial score (nSPS) is 28.8. The summed E-state index contributed by atoms with van der Waals surface area (Å²) in [5.74, 6) is 0.808. The lowest BCUT2D eigenvalue weighted by atomic mass is 10.0. The van der Waals surface area contributed by atoms with E-state index >= 15 is 0 Å². The largest absolute Gasteiger partial charge is 0.314 e. The van der Waals surface area contributed by atoms with Crippen LogP contribution in [0.4, 0.5) is 0 Å². The number of halogens is 1. The summed E-state index contributed by atoms with van der Waals surface area (Å²) in [6, 6.07) is 0. The minimum atomic E-state index is 0. The Hall–Kier alpha value is 0.210. The molecule has 0 aromatic rings. The summed E-state index contributed by atoms with van der Waals surface area (Å²) in [5, 5.41) is 10.5. The second-order valence-electron chi connectivity index (χ2n) is 2.99. The average molecular weight is 166 g/mol. The van der Waals surface area contributed by atoms with Gasteiger partial charge in [-0.15, -0.1) is 12.4 Å². The highest BCUT2D eigenvalue weighted by Crippen LogP contribution is 2.14. The number of rotatable bonds is 0. The molecule has 1 saturated heterocycles. The van der Waals surface area contributed by atoms with Gasteiger partial charge in [0.25, 0.3) is 0 Å². The first-order valence-electron chi connectivity index (χ1n) is 3.73. The molecule has 1 heterocycles. The van der Waals surface area contributed by atoms with Crippen molar-refractivity contribution >= 4 is 12.4 Å². The van der Waals surface area contributed by atoms with Crippen molar-refractivity contribution in [3.63, 3.8) is 0 Å². The first kappa shape index (κ1) is 10.2. The number of hydrogen-bond acceptors (Lipinski definition) is 2. The number of nitrogens with zero attached hydrogens (tertiary/aromatic N) is 1. The molecule has 1 aliphatic heterocycles. The van der Waals surface area contributed by atoms with E-state index in [2.05, 4.69) is 6.92 Å². The Morgan fingerprint density at radius 3 is 2.70 bits per heavy atom. The summed E-state index contributed by atoms with van der Waals surface area (Å²) in [4.78, 5) is 0. The van der Waals surface area contributed by atoms with Crippen LogP contribution < -0.4 is 0 Å². The molecule has 10 heavy (non-hydrogen) atoms. The third-order valence-electron chi connectivity index (χ3n) is 1.99. The summed E-state index contributed by atoms with van der Waals surface area (Å²) in [6.45, 7) is 3.98. The second kappa shape index (κ2) is 4.94. The van der Waals surface area contributed by atoms with Crippen molar-refractivity contribution in [1.82, 2.24) is 5.06 Å². The molecule has 1 N–H and O–H groups in total. The topological polar surface area (TPSA) is 23.5 Å². The molecule has 0 aromatic carbocycles. The van der Waals surface area contributed by atoms with Crippen molar-refractivity contribution in [3.05, 3.63) is 0 Å². The van der Waals surface area contributed by atoms with E-state index < -0.39 is 0 Å². The van der Waals surface area contributed by atoms with Crippen molar-refractivity contribution in [2.75, 3.05) is 13.1 Å². The zero-order valence-electron chi connectivity index (χ0n) is 6.42. The molecule has 1 atom stereocenters. The fourth-order valence-corrected chi connectivity index (χ4v) is 1.25.